The van der Waals surface area contributed by atoms with Crippen molar-refractivity contribution in [3.05, 3.63) is 29.3 Å². The summed E-state index contributed by atoms with van der Waals surface area (Å²) < 4.78 is 0. The average Bonchev–Trinajstić information content (AvgIpc) is 2.73. The Labute approximate surface area is 130 Å². The van der Waals surface area contributed by atoms with E-state index in [2.05, 4.69) is 6.92 Å². The molecule has 0 bridgehead atoms. The molecule has 1 aromatic carbocycles. The number of rotatable bonds is 0. The number of benzene rings is 1. The van der Waals surface area contributed by atoms with Crippen LogP contribution in [0.3, 0.4) is 0 Å². The average molecular weight is 304 g/mol. The van der Waals surface area contributed by atoms with E-state index in [9.17, 15) is 20.4 Å². The molecule has 120 valence electrons. The largest absolute Gasteiger partial charge is 0.508 e. The fraction of sp³-hybridized carbons (Fsp3) is 0.667. The van der Waals surface area contributed by atoms with E-state index in [1.165, 1.54) is 0 Å². The van der Waals surface area contributed by atoms with Crippen LogP contribution in [0, 0.1) is 17.3 Å². The fourth-order valence-electron chi connectivity index (χ4n) is 5.68. The number of phenolic OH excluding ortho intramolecular Hbond substituents is 1. The van der Waals surface area contributed by atoms with Gasteiger partial charge < -0.3 is 20.4 Å². The second kappa shape index (κ2) is 4.47. The lowest BCUT2D eigenvalue weighted by molar-refractivity contribution is -0.197. The van der Waals surface area contributed by atoms with Gasteiger partial charge in [0.15, 0.2) is 0 Å². The summed E-state index contributed by atoms with van der Waals surface area (Å²) in [5, 5.41) is 42.0. The van der Waals surface area contributed by atoms with Gasteiger partial charge in [-0.2, -0.15) is 0 Å². The van der Waals surface area contributed by atoms with Gasteiger partial charge in [0.05, 0.1) is 12.2 Å². The zero-order chi connectivity index (χ0) is 15.7. The Morgan fingerprint density at radius 1 is 1.14 bits per heavy atom. The maximum absolute atomic E-state index is 11.4. The first-order valence-corrected chi connectivity index (χ1v) is 8.25. The summed E-state index contributed by atoms with van der Waals surface area (Å²) in [6.45, 7) is 2.14. The molecule has 2 fully saturated rings. The predicted molar refractivity (Wildman–Crippen MR) is 81.3 cm³/mol. The van der Waals surface area contributed by atoms with E-state index < -0.39 is 11.7 Å². The zero-order valence-electron chi connectivity index (χ0n) is 12.9. The third kappa shape index (κ3) is 1.75. The topological polar surface area (TPSA) is 80.9 Å². The van der Waals surface area contributed by atoms with Crippen molar-refractivity contribution in [3.63, 3.8) is 0 Å². The van der Waals surface area contributed by atoms with E-state index in [4.69, 9.17) is 0 Å². The van der Waals surface area contributed by atoms with Crippen molar-refractivity contribution >= 4 is 0 Å². The maximum Gasteiger partial charge on any atom is 0.119 e. The highest BCUT2D eigenvalue weighted by atomic mass is 16.3. The van der Waals surface area contributed by atoms with Gasteiger partial charge >= 0.3 is 0 Å². The van der Waals surface area contributed by atoms with Crippen LogP contribution in [0.4, 0.5) is 0 Å². The SMILES string of the molecule is C[C@@]12CC(O)C[C@H]1[C@@H]1CCc3cc(O)ccc3[C@@]1(O)[C@@H](O)C2. The normalized spacial score (nSPS) is 46.7. The van der Waals surface area contributed by atoms with Crippen LogP contribution in [0.2, 0.25) is 0 Å². The van der Waals surface area contributed by atoms with Crippen LogP contribution < -0.4 is 0 Å². The predicted octanol–water partition coefficient (Wildman–Crippen LogP) is 1.68. The summed E-state index contributed by atoms with van der Waals surface area (Å²) in [6, 6.07) is 5.05. The highest BCUT2D eigenvalue weighted by molar-refractivity contribution is 5.42. The maximum atomic E-state index is 11.4. The minimum absolute atomic E-state index is 0.0320. The Kier molecular flexibility index (Phi) is 2.94. The summed E-state index contributed by atoms with van der Waals surface area (Å²) in [5.74, 6) is 0.403. The van der Waals surface area contributed by atoms with Crippen LogP contribution in [0.5, 0.6) is 5.75 Å². The lowest BCUT2D eigenvalue weighted by Crippen LogP contribution is -2.58. The molecule has 0 aliphatic heterocycles. The van der Waals surface area contributed by atoms with Crippen LogP contribution in [-0.2, 0) is 12.0 Å². The number of aromatic hydroxyl groups is 1. The Hall–Kier alpha value is -1.10. The number of aliphatic hydroxyl groups excluding tert-OH is 2. The molecule has 1 aromatic rings. The molecule has 0 saturated heterocycles. The smallest absolute Gasteiger partial charge is 0.119 e. The van der Waals surface area contributed by atoms with E-state index >= 15 is 0 Å². The minimum atomic E-state index is -1.25. The van der Waals surface area contributed by atoms with Gasteiger partial charge in [-0.3, -0.25) is 0 Å². The van der Waals surface area contributed by atoms with Crippen LogP contribution >= 0.6 is 0 Å². The standard InChI is InChI=1S/C18H24O4/c1-17-8-12(20)7-15(17)14-4-2-10-6-11(19)3-5-13(10)18(14,22)16(21)9-17/h3,5-6,12,14-16,19-22H,2,4,7-9H2,1H3/t12?,14-,15-,16-,17-,18-/m0/s1. The fourth-order valence-corrected chi connectivity index (χ4v) is 5.68. The Morgan fingerprint density at radius 2 is 1.91 bits per heavy atom. The van der Waals surface area contributed by atoms with E-state index in [1.54, 1.807) is 18.2 Å². The number of phenols is 1. The van der Waals surface area contributed by atoms with Crippen molar-refractivity contribution < 1.29 is 20.4 Å². The van der Waals surface area contributed by atoms with Crippen molar-refractivity contribution in [2.45, 2.75) is 56.8 Å². The number of aliphatic hydroxyl groups is 3. The van der Waals surface area contributed by atoms with Gasteiger partial charge in [-0.15, -0.1) is 0 Å². The van der Waals surface area contributed by atoms with Crippen LogP contribution in [0.25, 0.3) is 0 Å². The van der Waals surface area contributed by atoms with Crippen LogP contribution in [-0.4, -0.2) is 32.6 Å². The van der Waals surface area contributed by atoms with Gasteiger partial charge in [0, 0.05) is 0 Å². The molecule has 1 unspecified atom stereocenters. The molecule has 0 amide bonds. The van der Waals surface area contributed by atoms with Gasteiger partial charge in [-0.1, -0.05) is 13.0 Å². The molecule has 6 atom stereocenters. The molecule has 4 rings (SSSR count). The molecular formula is C18H24O4. The lowest BCUT2D eigenvalue weighted by atomic mass is 9.52. The number of hydrogen-bond donors (Lipinski definition) is 4. The third-order valence-corrected chi connectivity index (χ3v) is 6.59. The van der Waals surface area contributed by atoms with E-state index in [1.807, 2.05) is 0 Å². The summed E-state index contributed by atoms with van der Waals surface area (Å²) in [4.78, 5) is 0. The van der Waals surface area contributed by atoms with Crippen molar-refractivity contribution in [2.75, 3.05) is 0 Å². The molecule has 2 saturated carbocycles. The number of fused-ring (bicyclic) bond motifs is 5. The monoisotopic (exact) mass is 304 g/mol. The van der Waals surface area contributed by atoms with Crippen LogP contribution in [0.15, 0.2) is 18.2 Å². The van der Waals surface area contributed by atoms with Crippen molar-refractivity contribution in [2.24, 2.45) is 17.3 Å². The Bertz CT molecular complexity index is 615. The molecule has 0 spiro atoms. The first-order valence-electron chi connectivity index (χ1n) is 8.25. The first-order chi connectivity index (χ1) is 10.3. The Balaban J connectivity index is 1.83. The molecule has 22 heavy (non-hydrogen) atoms. The van der Waals surface area contributed by atoms with Crippen molar-refractivity contribution in [1.82, 2.24) is 0 Å². The van der Waals surface area contributed by atoms with Gasteiger partial charge in [-0.25, -0.2) is 0 Å². The molecule has 3 aliphatic rings. The molecule has 4 heteroatoms. The third-order valence-electron chi connectivity index (χ3n) is 6.59. The quantitative estimate of drug-likeness (QED) is 0.588. The summed E-state index contributed by atoms with van der Waals surface area (Å²) in [5.41, 5.74) is 0.345. The summed E-state index contributed by atoms with van der Waals surface area (Å²) in [7, 11) is 0. The second-order valence-corrected chi connectivity index (χ2v) is 7.89. The summed E-state index contributed by atoms with van der Waals surface area (Å²) >= 11 is 0. The molecule has 4 nitrogen and oxygen atoms in total. The van der Waals surface area contributed by atoms with Crippen LogP contribution in [0.1, 0.15) is 43.7 Å². The second-order valence-electron chi connectivity index (χ2n) is 7.89. The number of aryl methyl sites for hydroxylation is 1. The van der Waals surface area contributed by atoms with E-state index in [-0.39, 0.29) is 29.1 Å². The minimum Gasteiger partial charge on any atom is -0.508 e. The molecule has 0 radical (unpaired) electrons. The molecule has 0 heterocycles. The Morgan fingerprint density at radius 3 is 2.68 bits per heavy atom. The first kappa shape index (κ1) is 14.5. The molecular weight excluding hydrogens is 280 g/mol. The van der Waals surface area contributed by atoms with Gasteiger partial charge in [0.25, 0.3) is 0 Å². The zero-order valence-corrected chi connectivity index (χ0v) is 12.9. The van der Waals surface area contributed by atoms with Gasteiger partial charge in [0.1, 0.15) is 11.4 Å². The highest BCUT2D eigenvalue weighted by Gasteiger charge is 2.62. The number of hydrogen-bond acceptors (Lipinski definition) is 4. The summed E-state index contributed by atoms with van der Waals surface area (Å²) in [6.07, 6.45) is 2.37. The van der Waals surface area contributed by atoms with Crippen molar-refractivity contribution in [3.8, 4) is 5.75 Å². The molecule has 4 N–H and O–H groups in total. The highest BCUT2D eigenvalue weighted by Crippen LogP contribution is 2.62. The van der Waals surface area contributed by atoms with Gasteiger partial charge in [-0.05, 0) is 72.6 Å². The van der Waals surface area contributed by atoms with Crippen molar-refractivity contribution in [1.29, 1.82) is 0 Å². The van der Waals surface area contributed by atoms with Gasteiger partial charge in [0.2, 0.25) is 0 Å². The van der Waals surface area contributed by atoms with E-state index in [0.717, 1.165) is 24.0 Å². The molecule has 3 aliphatic carbocycles. The molecule has 0 aromatic heterocycles. The van der Waals surface area contributed by atoms with E-state index in [0.29, 0.717) is 19.3 Å². The lowest BCUT2D eigenvalue weighted by Gasteiger charge is -2.56.